The van der Waals surface area contributed by atoms with Crippen LogP contribution in [0.4, 0.5) is 24.5 Å². The Labute approximate surface area is 256 Å². The van der Waals surface area contributed by atoms with Gasteiger partial charge in [0.1, 0.15) is 11.6 Å². The number of benzene rings is 3. The summed E-state index contributed by atoms with van der Waals surface area (Å²) in [6.45, 7) is 5.98. The van der Waals surface area contributed by atoms with E-state index in [1.807, 2.05) is 48.5 Å². The molecule has 1 aliphatic rings. The van der Waals surface area contributed by atoms with Crippen LogP contribution in [0.25, 0.3) is 5.69 Å². The Bertz CT molecular complexity index is 1750. The monoisotopic (exact) mass is 619 g/mol. The van der Waals surface area contributed by atoms with Gasteiger partial charge in [-0.1, -0.05) is 55.9 Å². The quantitative estimate of drug-likeness (QED) is 0.172. The van der Waals surface area contributed by atoms with Crippen LogP contribution < -0.4 is 10.5 Å². The Kier molecular flexibility index (Phi) is 8.86. The number of aryl methyl sites for hydroxylation is 1. The van der Waals surface area contributed by atoms with Gasteiger partial charge in [0.05, 0.1) is 40.3 Å². The van der Waals surface area contributed by atoms with Crippen molar-refractivity contribution in [3.8, 4) is 11.4 Å². The number of hydrogen-bond donors (Lipinski definition) is 1. The molecule has 1 saturated heterocycles. The number of aliphatic imine (C=N–C) groups is 2. The molecule has 0 unspecified atom stereocenters. The molecule has 44 heavy (non-hydrogen) atoms. The standard InChI is InChI=1S/C31H28F3N7O2S/c1-19(2)25-6-4-5-7-27(25)38-30-41(28(42)18-44-30)36-16-21-8-12-23(13-9-21)40-17-26(20(3)39-40)29(35)37-22-10-14-24(15-11-22)43-31(32,33)34/h4-17,19H,18H2,1-3H3,(H2,35,37)/b36-16+,38-30?. The summed E-state index contributed by atoms with van der Waals surface area (Å²) in [7, 11) is 0. The molecule has 0 radical (unpaired) electrons. The van der Waals surface area contributed by atoms with E-state index < -0.39 is 6.36 Å². The molecule has 226 valence electrons. The van der Waals surface area contributed by atoms with Crippen molar-refractivity contribution in [3.63, 3.8) is 0 Å². The number of alkyl halides is 3. The van der Waals surface area contributed by atoms with Crippen LogP contribution in [0.3, 0.4) is 0 Å². The molecular formula is C31H28F3N7O2S. The third kappa shape index (κ3) is 7.35. The van der Waals surface area contributed by atoms with Crippen molar-refractivity contribution in [2.24, 2.45) is 20.8 Å². The fraction of sp³-hybridized carbons (Fsp3) is 0.194. The van der Waals surface area contributed by atoms with Crippen LogP contribution >= 0.6 is 11.8 Å². The van der Waals surface area contributed by atoms with Gasteiger partial charge in [0.15, 0.2) is 5.17 Å². The smallest absolute Gasteiger partial charge is 0.406 e. The predicted octanol–water partition coefficient (Wildman–Crippen LogP) is 6.84. The second-order valence-electron chi connectivity index (χ2n) is 10.0. The van der Waals surface area contributed by atoms with Crippen molar-refractivity contribution in [2.45, 2.75) is 33.1 Å². The first-order valence-electron chi connectivity index (χ1n) is 13.5. The van der Waals surface area contributed by atoms with Crippen molar-refractivity contribution in [1.29, 1.82) is 0 Å². The number of nitrogens with two attached hydrogens (primary N) is 1. The van der Waals surface area contributed by atoms with Crippen LogP contribution in [0, 0.1) is 6.92 Å². The summed E-state index contributed by atoms with van der Waals surface area (Å²) in [6.07, 6.45) is -1.45. The minimum absolute atomic E-state index is 0.145. The van der Waals surface area contributed by atoms with Gasteiger partial charge in [-0.15, -0.1) is 13.2 Å². The third-order valence-electron chi connectivity index (χ3n) is 6.49. The van der Waals surface area contributed by atoms with Gasteiger partial charge in [0.25, 0.3) is 5.91 Å². The molecule has 3 aromatic carbocycles. The number of carbonyl (C=O) groups is 1. The second-order valence-corrected chi connectivity index (χ2v) is 11.0. The van der Waals surface area contributed by atoms with E-state index in [1.54, 1.807) is 24.0 Å². The maximum Gasteiger partial charge on any atom is 0.573 e. The van der Waals surface area contributed by atoms with E-state index in [9.17, 15) is 18.0 Å². The minimum atomic E-state index is -4.77. The van der Waals surface area contributed by atoms with Gasteiger partial charge in [-0.05, 0) is 66.4 Å². The summed E-state index contributed by atoms with van der Waals surface area (Å²) < 4.78 is 42.7. The molecule has 9 nitrogen and oxygen atoms in total. The average molecular weight is 620 g/mol. The number of nitrogens with zero attached hydrogens (tertiary/aromatic N) is 6. The van der Waals surface area contributed by atoms with Gasteiger partial charge in [-0.25, -0.2) is 14.7 Å². The summed E-state index contributed by atoms with van der Waals surface area (Å²) in [6, 6.07) is 20.3. The highest BCUT2D eigenvalue weighted by Gasteiger charge is 2.31. The number of hydrogen-bond acceptors (Lipinski definition) is 7. The SMILES string of the molecule is Cc1nn(-c2ccc(/C=N/N3C(=O)CSC3=Nc3ccccc3C(C)C)cc2)cc1C(N)=Nc1ccc(OC(F)(F)F)cc1. The number of ether oxygens (including phenoxy) is 1. The second kappa shape index (κ2) is 12.8. The number of rotatable bonds is 8. The average Bonchev–Trinajstić information content (AvgIpc) is 3.54. The molecule has 2 N–H and O–H groups in total. The Morgan fingerprint density at radius 3 is 2.45 bits per heavy atom. The summed E-state index contributed by atoms with van der Waals surface area (Å²) in [5, 5.41) is 10.8. The first-order valence-corrected chi connectivity index (χ1v) is 14.5. The largest absolute Gasteiger partial charge is 0.573 e. The molecule has 5 rings (SSSR count). The van der Waals surface area contributed by atoms with Gasteiger partial charge in [-0.3, -0.25) is 4.79 Å². The Morgan fingerprint density at radius 1 is 1.07 bits per heavy atom. The van der Waals surface area contributed by atoms with Gasteiger partial charge in [-0.2, -0.15) is 15.2 Å². The maximum absolute atomic E-state index is 12.6. The lowest BCUT2D eigenvalue weighted by Crippen LogP contribution is -2.23. The first kappa shape index (κ1) is 30.5. The number of halogens is 3. The highest BCUT2D eigenvalue weighted by molar-refractivity contribution is 8.15. The number of amidine groups is 2. The number of hydrazone groups is 1. The minimum Gasteiger partial charge on any atom is -0.406 e. The van der Waals surface area contributed by atoms with Crippen LogP contribution in [0.5, 0.6) is 5.75 Å². The summed E-state index contributed by atoms with van der Waals surface area (Å²) in [5.41, 5.74) is 11.2. The highest BCUT2D eigenvalue weighted by atomic mass is 32.2. The molecule has 0 saturated carbocycles. The molecule has 4 aromatic rings. The molecule has 1 amide bonds. The Morgan fingerprint density at radius 2 is 1.77 bits per heavy atom. The summed E-state index contributed by atoms with van der Waals surface area (Å²) in [5.74, 6) is 0.217. The predicted molar refractivity (Wildman–Crippen MR) is 166 cm³/mol. The molecular weight excluding hydrogens is 591 g/mol. The van der Waals surface area contributed by atoms with Crippen molar-refractivity contribution in [3.05, 3.63) is 101 Å². The molecule has 0 bridgehead atoms. The van der Waals surface area contributed by atoms with Crippen molar-refractivity contribution < 1.29 is 22.7 Å². The molecule has 1 fully saturated rings. The fourth-order valence-electron chi connectivity index (χ4n) is 4.33. The molecule has 13 heteroatoms. The van der Waals surface area contributed by atoms with Crippen LogP contribution in [0.2, 0.25) is 0 Å². The molecule has 2 heterocycles. The topological polar surface area (TPSA) is 110 Å². The number of amides is 1. The lowest BCUT2D eigenvalue weighted by Gasteiger charge is -2.12. The van der Waals surface area contributed by atoms with E-state index in [1.165, 1.54) is 41.0 Å². The lowest BCUT2D eigenvalue weighted by atomic mass is 10.0. The molecule has 0 atom stereocenters. The normalized spacial score (nSPS) is 15.2. The fourth-order valence-corrected chi connectivity index (χ4v) is 5.14. The number of carbonyl (C=O) groups excluding carboxylic acids is 1. The molecule has 0 spiro atoms. The maximum atomic E-state index is 12.6. The summed E-state index contributed by atoms with van der Waals surface area (Å²) in [4.78, 5) is 21.6. The highest BCUT2D eigenvalue weighted by Crippen LogP contribution is 2.30. The van der Waals surface area contributed by atoms with Crippen molar-refractivity contribution in [1.82, 2.24) is 14.8 Å². The van der Waals surface area contributed by atoms with Crippen LogP contribution in [0.1, 0.15) is 42.1 Å². The van der Waals surface area contributed by atoms with Gasteiger partial charge < -0.3 is 10.5 Å². The Balaban J connectivity index is 1.29. The van der Waals surface area contributed by atoms with E-state index in [0.717, 1.165) is 22.5 Å². The first-order chi connectivity index (χ1) is 21.0. The summed E-state index contributed by atoms with van der Waals surface area (Å²) >= 11 is 1.35. The lowest BCUT2D eigenvalue weighted by molar-refractivity contribution is -0.274. The van der Waals surface area contributed by atoms with E-state index in [2.05, 4.69) is 33.8 Å². The van der Waals surface area contributed by atoms with Gasteiger partial charge >= 0.3 is 6.36 Å². The number of para-hydroxylation sites is 1. The van der Waals surface area contributed by atoms with Gasteiger partial charge in [0, 0.05) is 6.20 Å². The molecule has 0 aliphatic carbocycles. The van der Waals surface area contributed by atoms with Crippen molar-refractivity contribution >= 4 is 46.3 Å². The van der Waals surface area contributed by atoms with Crippen LogP contribution in [-0.2, 0) is 4.79 Å². The van der Waals surface area contributed by atoms with E-state index >= 15 is 0 Å². The van der Waals surface area contributed by atoms with E-state index in [-0.39, 0.29) is 29.2 Å². The zero-order valence-corrected chi connectivity index (χ0v) is 24.8. The van der Waals surface area contributed by atoms with E-state index in [4.69, 9.17) is 10.7 Å². The van der Waals surface area contributed by atoms with Gasteiger partial charge in [0.2, 0.25) is 0 Å². The van der Waals surface area contributed by atoms with Crippen molar-refractivity contribution in [2.75, 3.05) is 5.75 Å². The van der Waals surface area contributed by atoms with E-state index in [0.29, 0.717) is 22.1 Å². The third-order valence-corrected chi connectivity index (χ3v) is 7.41. The molecule has 1 aromatic heterocycles. The zero-order chi connectivity index (χ0) is 31.4. The van der Waals surface area contributed by atoms with Crippen LogP contribution in [-0.4, -0.2) is 50.0 Å². The zero-order valence-electron chi connectivity index (χ0n) is 24.0. The number of thioether (sulfide) groups is 1. The van der Waals surface area contributed by atoms with Crippen LogP contribution in [0.15, 0.2) is 94.1 Å². The number of aromatic nitrogens is 2. The Hall–Kier alpha value is -4.91. The molecule has 1 aliphatic heterocycles.